The first kappa shape index (κ1) is 20.9. The van der Waals surface area contributed by atoms with Crippen molar-refractivity contribution in [2.75, 3.05) is 63.3 Å². The van der Waals surface area contributed by atoms with Gasteiger partial charge >= 0.3 is 0 Å². The van der Waals surface area contributed by atoms with E-state index in [1.807, 2.05) is 25.4 Å². The van der Waals surface area contributed by atoms with Crippen molar-refractivity contribution in [1.82, 2.24) is 14.9 Å². The first-order chi connectivity index (χ1) is 15.6. The van der Waals surface area contributed by atoms with Crippen molar-refractivity contribution < 1.29 is 9.15 Å². The molecule has 0 amide bonds. The van der Waals surface area contributed by atoms with Gasteiger partial charge in [0.1, 0.15) is 11.5 Å². The Kier molecular flexibility index (Phi) is 5.80. The lowest BCUT2D eigenvalue weighted by molar-refractivity contribution is 0.0848. The van der Waals surface area contributed by atoms with Gasteiger partial charge in [-0.15, -0.1) is 0 Å². The van der Waals surface area contributed by atoms with Gasteiger partial charge in [0.05, 0.1) is 5.39 Å². The number of fused-ring (bicyclic) bond motifs is 1. The summed E-state index contributed by atoms with van der Waals surface area (Å²) in [6, 6.07) is 7.62. The standard InChI is InChI=1S/C24H29N5O3/c1-27-9-11-29(12-10-27)21-4-3-17(16-26-21)23-24-19(5-8-25-23)20(30)15-22(32-24)28(2)18-6-13-31-14-7-18/h3-5,8,15-16,18H,6-7,9-14H2,1-2H3. The maximum atomic E-state index is 12.9. The Hall–Kier alpha value is -2.97. The molecule has 8 heteroatoms. The Morgan fingerprint density at radius 2 is 1.84 bits per heavy atom. The van der Waals surface area contributed by atoms with Crippen molar-refractivity contribution >= 4 is 22.7 Å². The third-order valence-electron chi connectivity index (χ3n) is 6.57. The van der Waals surface area contributed by atoms with Crippen molar-refractivity contribution in [3.05, 3.63) is 46.9 Å². The molecule has 0 aromatic carbocycles. The molecule has 0 N–H and O–H groups in total. The van der Waals surface area contributed by atoms with Gasteiger partial charge in [0.25, 0.3) is 0 Å². The highest BCUT2D eigenvalue weighted by molar-refractivity contribution is 5.90. The topological polar surface area (TPSA) is 74.9 Å². The van der Waals surface area contributed by atoms with Crippen LogP contribution in [0.15, 0.2) is 45.9 Å². The summed E-state index contributed by atoms with van der Waals surface area (Å²) >= 11 is 0. The van der Waals surface area contributed by atoms with E-state index in [0.717, 1.165) is 63.6 Å². The Morgan fingerprint density at radius 3 is 2.56 bits per heavy atom. The van der Waals surface area contributed by atoms with E-state index in [2.05, 4.69) is 31.7 Å². The zero-order chi connectivity index (χ0) is 22.1. The molecule has 0 spiro atoms. The molecule has 0 saturated carbocycles. The van der Waals surface area contributed by atoms with Crippen LogP contribution in [0.3, 0.4) is 0 Å². The molecule has 3 aromatic heterocycles. The lowest BCUT2D eigenvalue weighted by atomic mass is 10.1. The molecular formula is C24H29N5O3. The maximum Gasteiger partial charge on any atom is 0.200 e. The molecule has 32 heavy (non-hydrogen) atoms. The first-order valence-corrected chi connectivity index (χ1v) is 11.2. The summed E-state index contributed by atoms with van der Waals surface area (Å²) in [6.45, 7) is 5.44. The Morgan fingerprint density at radius 1 is 1.06 bits per heavy atom. The predicted octanol–water partition coefficient (Wildman–Crippen LogP) is 2.62. The third-order valence-corrected chi connectivity index (χ3v) is 6.57. The van der Waals surface area contributed by atoms with Crippen molar-refractivity contribution in [3.63, 3.8) is 0 Å². The second-order valence-electron chi connectivity index (χ2n) is 8.63. The maximum absolute atomic E-state index is 12.9. The summed E-state index contributed by atoms with van der Waals surface area (Å²) in [7, 11) is 4.12. The van der Waals surface area contributed by atoms with Crippen LogP contribution in [0.5, 0.6) is 0 Å². The van der Waals surface area contributed by atoms with Gasteiger partial charge in [-0.3, -0.25) is 9.78 Å². The molecule has 0 atom stereocenters. The molecule has 2 aliphatic heterocycles. The number of rotatable bonds is 4. The fraction of sp³-hybridized carbons (Fsp3) is 0.458. The minimum absolute atomic E-state index is 0.0641. The molecule has 8 nitrogen and oxygen atoms in total. The average molecular weight is 436 g/mol. The van der Waals surface area contributed by atoms with E-state index in [4.69, 9.17) is 9.15 Å². The van der Waals surface area contributed by atoms with E-state index >= 15 is 0 Å². The molecule has 5 heterocycles. The number of aromatic nitrogens is 2. The molecule has 0 aliphatic carbocycles. The van der Waals surface area contributed by atoms with Crippen LogP contribution in [0.1, 0.15) is 12.8 Å². The summed E-state index contributed by atoms with van der Waals surface area (Å²) in [5.41, 5.74) is 1.91. The van der Waals surface area contributed by atoms with E-state index in [0.29, 0.717) is 22.5 Å². The molecule has 168 valence electrons. The minimum atomic E-state index is -0.0641. The Labute approximate surface area is 187 Å². The first-order valence-electron chi connectivity index (χ1n) is 11.2. The second-order valence-corrected chi connectivity index (χ2v) is 8.63. The van der Waals surface area contributed by atoms with Crippen molar-refractivity contribution in [2.24, 2.45) is 0 Å². The minimum Gasteiger partial charge on any atom is -0.438 e. The largest absolute Gasteiger partial charge is 0.438 e. The van der Waals surface area contributed by atoms with Crippen LogP contribution in [0.4, 0.5) is 11.7 Å². The van der Waals surface area contributed by atoms with E-state index < -0.39 is 0 Å². The van der Waals surface area contributed by atoms with Gasteiger partial charge in [0.2, 0.25) is 0 Å². The summed E-state index contributed by atoms with van der Waals surface area (Å²) in [4.78, 5) is 28.8. The molecule has 5 rings (SSSR count). The van der Waals surface area contributed by atoms with Gasteiger partial charge in [-0.05, 0) is 38.1 Å². The van der Waals surface area contributed by atoms with Gasteiger partial charge in [0.15, 0.2) is 16.9 Å². The zero-order valence-corrected chi connectivity index (χ0v) is 18.7. The fourth-order valence-corrected chi connectivity index (χ4v) is 4.45. The van der Waals surface area contributed by atoms with Crippen LogP contribution in [0, 0.1) is 0 Å². The molecule has 0 bridgehead atoms. The zero-order valence-electron chi connectivity index (χ0n) is 18.7. The quantitative estimate of drug-likeness (QED) is 0.619. The molecule has 2 saturated heterocycles. The monoisotopic (exact) mass is 435 g/mol. The molecule has 0 unspecified atom stereocenters. The Bertz CT molecular complexity index is 1130. The molecule has 0 radical (unpaired) electrons. The van der Waals surface area contributed by atoms with Crippen LogP contribution in [-0.4, -0.2) is 74.4 Å². The van der Waals surface area contributed by atoms with Gasteiger partial charge in [-0.25, -0.2) is 4.98 Å². The van der Waals surface area contributed by atoms with Gasteiger partial charge < -0.3 is 23.9 Å². The molecular weight excluding hydrogens is 406 g/mol. The van der Waals surface area contributed by atoms with Crippen LogP contribution < -0.4 is 15.2 Å². The molecule has 2 fully saturated rings. The number of pyridine rings is 2. The summed E-state index contributed by atoms with van der Waals surface area (Å²) in [6.07, 6.45) is 5.31. The highest BCUT2D eigenvalue weighted by Crippen LogP contribution is 2.30. The number of ether oxygens (including phenoxy) is 1. The van der Waals surface area contributed by atoms with Gasteiger partial charge in [-0.2, -0.15) is 0 Å². The highest BCUT2D eigenvalue weighted by atomic mass is 16.5. The molecule has 2 aliphatic rings. The summed E-state index contributed by atoms with van der Waals surface area (Å²) in [5.74, 6) is 1.52. The van der Waals surface area contributed by atoms with Crippen molar-refractivity contribution in [3.8, 4) is 11.3 Å². The Balaban J connectivity index is 1.48. The summed E-state index contributed by atoms with van der Waals surface area (Å²) < 4.78 is 11.8. The number of piperazine rings is 1. The number of nitrogens with zero attached hydrogens (tertiary/aromatic N) is 5. The average Bonchev–Trinajstić information content (AvgIpc) is 2.84. The van der Waals surface area contributed by atoms with Crippen molar-refractivity contribution in [1.29, 1.82) is 0 Å². The van der Waals surface area contributed by atoms with E-state index in [1.54, 1.807) is 18.3 Å². The lowest BCUT2D eigenvalue weighted by Crippen LogP contribution is -2.44. The van der Waals surface area contributed by atoms with Crippen LogP contribution in [0.25, 0.3) is 22.2 Å². The lowest BCUT2D eigenvalue weighted by Gasteiger charge is -2.33. The number of likely N-dealkylation sites (N-methyl/N-ethyl adjacent to an activating group) is 1. The highest BCUT2D eigenvalue weighted by Gasteiger charge is 2.22. The predicted molar refractivity (Wildman–Crippen MR) is 125 cm³/mol. The van der Waals surface area contributed by atoms with E-state index in [1.165, 1.54) is 0 Å². The second kappa shape index (κ2) is 8.88. The number of hydrogen-bond acceptors (Lipinski definition) is 8. The fourth-order valence-electron chi connectivity index (χ4n) is 4.45. The van der Waals surface area contributed by atoms with Gasteiger partial charge in [-0.1, -0.05) is 0 Å². The number of anilines is 2. The van der Waals surface area contributed by atoms with Crippen LogP contribution in [0.2, 0.25) is 0 Å². The van der Waals surface area contributed by atoms with E-state index in [9.17, 15) is 4.79 Å². The van der Waals surface area contributed by atoms with Gasteiger partial charge in [0, 0.05) is 76.5 Å². The smallest absolute Gasteiger partial charge is 0.200 e. The van der Waals surface area contributed by atoms with Crippen LogP contribution >= 0.6 is 0 Å². The molecule has 3 aromatic rings. The number of hydrogen-bond donors (Lipinski definition) is 0. The normalized spacial score (nSPS) is 18.2. The summed E-state index contributed by atoms with van der Waals surface area (Å²) in [5, 5.41) is 0.530. The van der Waals surface area contributed by atoms with E-state index in [-0.39, 0.29) is 11.5 Å². The van der Waals surface area contributed by atoms with Crippen molar-refractivity contribution in [2.45, 2.75) is 18.9 Å². The SMILES string of the molecule is CN1CCN(c2ccc(-c3nccc4c(=O)cc(N(C)C5CCOCC5)oc34)cn2)CC1. The third kappa shape index (κ3) is 4.08. The van der Waals surface area contributed by atoms with Crippen LogP contribution in [-0.2, 0) is 4.74 Å².